The second kappa shape index (κ2) is 8.51. The number of benzene rings is 2. The molecule has 2 aromatic carbocycles. The maximum atomic E-state index is 6.15. The third kappa shape index (κ3) is 4.93. The Kier molecular flexibility index (Phi) is 6.33. The minimum atomic E-state index is 0.359. The fourth-order valence-corrected chi connectivity index (χ4v) is 2.56. The van der Waals surface area contributed by atoms with Gasteiger partial charge in [0.05, 0.1) is 6.10 Å². The summed E-state index contributed by atoms with van der Waals surface area (Å²) in [4.78, 5) is 0. The molecule has 0 bridgehead atoms. The van der Waals surface area contributed by atoms with E-state index in [1.54, 1.807) is 0 Å². The van der Waals surface area contributed by atoms with Gasteiger partial charge in [-0.2, -0.15) is 0 Å². The van der Waals surface area contributed by atoms with Crippen molar-refractivity contribution >= 4 is 0 Å². The average Bonchev–Trinajstić information content (AvgIpc) is 2.54. The number of unbranched alkanes of at least 4 members (excludes halogenated alkanes) is 1. The van der Waals surface area contributed by atoms with E-state index in [2.05, 4.69) is 62.4 Å². The average molecular weight is 282 g/mol. The van der Waals surface area contributed by atoms with Crippen LogP contribution in [0.4, 0.5) is 0 Å². The molecule has 0 saturated carbocycles. The highest BCUT2D eigenvalue weighted by Gasteiger charge is 2.09. The summed E-state index contributed by atoms with van der Waals surface area (Å²) < 4.78 is 6.15. The summed E-state index contributed by atoms with van der Waals surface area (Å²) in [5.74, 6) is 0.990. The van der Waals surface area contributed by atoms with Crippen molar-refractivity contribution in [3.05, 3.63) is 54.6 Å². The van der Waals surface area contributed by atoms with Crippen LogP contribution in [0.1, 0.15) is 46.0 Å². The molecule has 2 aromatic rings. The first-order valence-corrected chi connectivity index (χ1v) is 8.15. The molecule has 0 saturated heterocycles. The minimum Gasteiger partial charge on any atom is -0.490 e. The molecular formula is C20H26O. The van der Waals surface area contributed by atoms with Crippen LogP contribution in [0.15, 0.2) is 54.6 Å². The van der Waals surface area contributed by atoms with Crippen LogP contribution < -0.4 is 4.74 Å². The molecule has 1 atom stereocenters. The molecule has 112 valence electrons. The first-order valence-electron chi connectivity index (χ1n) is 8.15. The van der Waals surface area contributed by atoms with Crippen LogP contribution in [0.5, 0.6) is 5.75 Å². The van der Waals surface area contributed by atoms with Crippen LogP contribution >= 0.6 is 0 Å². The third-order valence-electron chi connectivity index (χ3n) is 3.75. The maximum Gasteiger partial charge on any atom is 0.119 e. The zero-order chi connectivity index (χ0) is 14.9. The van der Waals surface area contributed by atoms with Gasteiger partial charge in [0.15, 0.2) is 0 Å². The molecule has 0 heterocycles. The molecule has 0 aliphatic rings. The highest BCUT2D eigenvalue weighted by atomic mass is 16.5. The van der Waals surface area contributed by atoms with E-state index in [4.69, 9.17) is 4.74 Å². The van der Waals surface area contributed by atoms with Crippen molar-refractivity contribution in [1.29, 1.82) is 0 Å². The van der Waals surface area contributed by atoms with Crippen LogP contribution in [0.25, 0.3) is 11.1 Å². The van der Waals surface area contributed by atoms with Crippen LogP contribution in [-0.2, 0) is 0 Å². The Hall–Kier alpha value is -1.76. The van der Waals surface area contributed by atoms with Crippen molar-refractivity contribution in [2.75, 3.05) is 0 Å². The van der Waals surface area contributed by atoms with Crippen molar-refractivity contribution < 1.29 is 4.74 Å². The van der Waals surface area contributed by atoms with Gasteiger partial charge < -0.3 is 4.74 Å². The molecule has 1 nitrogen and oxygen atoms in total. The minimum absolute atomic E-state index is 0.359. The second-order valence-corrected chi connectivity index (χ2v) is 5.56. The molecule has 0 fully saturated rings. The summed E-state index contributed by atoms with van der Waals surface area (Å²) in [5, 5.41) is 0. The Morgan fingerprint density at radius 2 is 1.43 bits per heavy atom. The van der Waals surface area contributed by atoms with Gasteiger partial charge in [0.1, 0.15) is 5.75 Å². The summed E-state index contributed by atoms with van der Waals surface area (Å²) in [6.07, 6.45) is 6.31. The quantitative estimate of drug-likeness (QED) is 0.569. The largest absolute Gasteiger partial charge is 0.490 e. The summed E-state index contributed by atoms with van der Waals surface area (Å²) in [7, 11) is 0. The van der Waals surface area contributed by atoms with Crippen LogP contribution in [0.3, 0.4) is 0 Å². The van der Waals surface area contributed by atoms with Crippen LogP contribution in [-0.4, -0.2) is 6.10 Å². The number of hydrogen-bond donors (Lipinski definition) is 0. The molecule has 1 unspecified atom stereocenters. The van der Waals surface area contributed by atoms with E-state index in [1.165, 1.54) is 30.4 Å². The molecule has 2 rings (SSSR count). The van der Waals surface area contributed by atoms with E-state index in [0.29, 0.717) is 6.10 Å². The fraction of sp³-hybridized carbons (Fsp3) is 0.400. The normalized spacial score (nSPS) is 12.1. The maximum absolute atomic E-state index is 6.15. The summed E-state index contributed by atoms with van der Waals surface area (Å²) in [6.45, 7) is 4.46. The lowest BCUT2D eigenvalue weighted by molar-refractivity contribution is 0.176. The van der Waals surface area contributed by atoms with Gasteiger partial charge in [-0.05, 0) is 36.1 Å². The smallest absolute Gasteiger partial charge is 0.119 e. The van der Waals surface area contributed by atoms with E-state index in [0.717, 1.165) is 18.6 Å². The Morgan fingerprint density at radius 3 is 2.05 bits per heavy atom. The van der Waals surface area contributed by atoms with Crippen molar-refractivity contribution in [2.45, 2.75) is 52.1 Å². The Labute approximate surface area is 129 Å². The van der Waals surface area contributed by atoms with Gasteiger partial charge in [0.2, 0.25) is 0 Å². The lowest BCUT2D eigenvalue weighted by Gasteiger charge is -2.18. The van der Waals surface area contributed by atoms with Gasteiger partial charge in [-0.1, -0.05) is 75.6 Å². The number of rotatable bonds is 8. The van der Waals surface area contributed by atoms with Gasteiger partial charge in [-0.25, -0.2) is 0 Å². The van der Waals surface area contributed by atoms with E-state index in [-0.39, 0.29) is 0 Å². The first kappa shape index (κ1) is 15.6. The second-order valence-electron chi connectivity index (χ2n) is 5.56. The van der Waals surface area contributed by atoms with E-state index < -0.39 is 0 Å². The van der Waals surface area contributed by atoms with E-state index >= 15 is 0 Å². The van der Waals surface area contributed by atoms with Gasteiger partial charge in [-0.15, -0.1) is 0 Å². The van der Waals surface area contributed by atoms with Gasteiger partial charge >= 0.3 is 0 Å². The van der Waals surface area contributed by atoms with Crippen molar-refractivity contribution in [2.24, 2.45) is 0 Å². The molecular weight excluding hydrogens is 256 g/mol. The van der Waals surface area contributed by atoms with Gasteiger partial charge in [0.25, 0.3) is 0 Å². The Morgan fingerprint density at radius 1 is 0.762 bits per heavy atom. The Bertz CT molecular complexity index is 501. The molecule has 0 aliphatic carbocycles. The molecule has 0 aromatic heterocycles. The standard InChI is InChI=1S/C20H26O/c1-3-5-12-19(9-4-2)21-20-15-13-18(14-16-20)17-10-7-6-8-11-17/h6-8,10-11,13-16,19H,3-5,9,12H2,1-2H3. The van der Waals surface area contributed by atoms with Gasteiger partial charge in [-0.3, -0.25) is 0 Å². The number of hydrogen-bond acceptors (Lipinski definition) is 1. The first-order chi connectivity index (χ1) is 10.3. The fourth-order valence-electron chi connectivity index (χ4n) is 2.56. The van der Waals surface area contributed by atoms with Crippen molar-refractivity contribution in [1.82, 2.24) is 0 Å². The molecule has 0 spiro atoms. The summed E-state index contributed by atoms with van der Waals surface area (Å²) in [6, 6.07) is 18.9. The van der Waals surface area contributed by atoms with Crippen molar-refractivity contribution in [3.8, 4) is 16.9 Å². The highest BCUT2D eigenvalue weighted by Crippen LogP contribution is 2.24. The summed E-state index contributed by atoms with van der Waals surface area (Å²) in [5.41, 5.74) is 2.49. The topological polar surface area (TPSA) is 9.23 Å². The lowest BCUT2D eigenvalue weighted by atomic mass is 10.1. The van der Waals surface area contributed by atoms with E-state index in [9.17, 15) is 0 Å². The zero-order valence-electron chi connectivity index (χ0n) is 13.2. The number of ether oxygens (including phenoxy) is 1. The SMILES string of the molecule is CCCCC(CCC)Oc1ccc(-c2ccccc2)cc1. The molecule has 0 N–H and O–H groups in total. The predicted octanol–water partition coefficient (Wildman–Crippen LogP) is 6.09. The molecule has 0 aliphatic heterocycles. The molecule has 0 amide bonds. The van der Waals surface area contributed by atoms with Gasteiger partial charge in [0, 0.05) is 0 Å². The van der Waals surface area contributed by atoms with Crippen molar-refractivity contribution in [3.63, 3.8) is 0 Å². The Balaban J connectivity index is 2.01. The van der Waals surface area contributed by atoms with Crippen LogP contribution in [0.2, 0.25) is 0 Å². The molecule has 1 heteroatoms. The summed E-state index contributed by atoms with van der Waals surface area (Å²) >= 11 is 0. The third-order valence-corrected chi connectivity index (χ3v) is 3.75. The molecule has 21 heavy (non-hydrogen) atoms. The van der Waals surface area contributed by atoms with Crippen LogP contribution in [0, 0.1) is 0 Å². The molecule has 0 radical (unpaired) electrons. The van der Waals surface area contributed by atoms with E-state index in [1.807, 2.05) is 6.07 Å². The zero-order valence-corrected chi connectivity index (χ0v) is 13.2. The lowest BCUT2D eigenvalue weighted by Crippen LogP contribution is -2.16. The monoisotopic (exact) mass is 282 g/mol. The highest BCUT2D eigenvalue weighted by molar-refractivity contribution is 5.63. The predicted molar refractivity (Wildman–Crippen MR) is 90.7 cm³/mol.